The molecule has 0 aliphatic carbocycles. The number of allylic oxidation sites excluding steroid dienone is 1. The molecule has 2 atom stereocenters. The van der Waals surface area contributed by atoms with E-state index in [0.717, 1.165) is 25.7 Å². The molecule has 0 aliphatic rings. The molecule has 2 nitrogen and oxygen atoms in total. The third-order valence-corrected chi connectivity index (χ3v) is 3.12. The van der Waals surface area contributed by atoms with Crippen molar-refractivity contribution in [2.75, 3.05) is 6.61 Å². The van der Waals surface area contributed by atoms with Crippen molar-refractivity contribution in [3.63, 3.8) is 0 Å². The van der Waals surface area contributed by atoms with Crippen LogP contribution in [0.15, 0.2) is 10.6 Å². The third-order valence-electron chi connectivity index (χ3n) is 2.37. The van der Waals surface area contributed by atoms with Crippen LogP contribution in [0.5, 0.6) is 0 Å². The Kier molecular flexibility index (Phi) is 10.1. The number of alkyl halides is 1. The Hall–Kier alpha value is 0.0800. The van der Waals surface area contributed by atoms with E-state index in [1.54, 1.807) is 13.0 Å². The molecule has 0 fully saturated rings. The van der Waals surface area contributed by atoms with E-state index in [1.807, 2.05) is 0 Å². The number of halogens is 3. The first-order valence-electron chi connectivity index (χ1n) is 5.86. The van der Waals surface area contributed by atoms with Crippen LogP contribution in [0.25, 0.3) is 0 Å². The van der Waals surface area contributed by atoms with Gasteiger partial charge in [0.05, 0.1) is 6.61 Å². The van der Waals surface area contributed by atoms with Crippen molar-refractivity contribution in [2.45, 2.75) is 44.9 Å². The predicted octanol–water partition coefficient (Wildman–Crippen LogP) is 4.67. The number of carbonyl (C=O) groups excluding carboxylic acids is 1. The summed E-state index contributed by atoms with van der Waals surface area (Å²) >= 11 is 17.3. The van der Waals surface area contributed by atoms with Crippen LogP contribution in [0.2, 0.25) is 0 Å². The minimum atomic E-state index is -0.723. The molecule has 0 aliphatic heterocycles. The van der Waals surface area contributed by atoms with Crippen molar-refractivity contribution in [1.29, 1.82) is 0 Å². The largest absolute Gasteiger partial charge is 0.465 e. The zero-order valence-electron chi connectivity index (χ0n) is 10.2. The fourth-order valence-corrected chi connectivity index (χ4v) is 2.09. The highest BCUT2D eigenvalue weighted by Crippen LogP contribution is 2.24. The van der Waals surface area contributed by atoms with Crippen molar-refractivity contribution in [3.8, 4) is 0 Å². The number of hydrogen-bond donors (Lipinski definition) is 0. The summed E-state index contributed by atoms with van der Waals surface area (Å²) < 4.78 is 5.03. The van der Waals surface area contributed by atoms with Crippen LogP contribution in [-0.4, -0.2) is 18.0 Å². The molecule has 17 heavy (non-hydrogen) atoms. The average Bonchev–Trinajstić information content (AvgIpc) is 2.27. The first-order chi connectivity index (χ1) is 8.02. The Morgan fingerprint density at radius 3 is 2.41 bits per heavy atom. The molecule has 0 N–H and O–H groups in total. The third kappa shape index (κ3) is 7.91. The fourth-order valence-electron chi connectivity index (χ4n) is 1.50. The van der Waals surface area contributed by atoms with E-state index >= 15 is 0 Å². The van der Waals surface area contributed by atoms with E-state index < -0.39 is 11.3 Å². The van der Waals surface area contributed by atoms with Crippen LogP contribution in [0, 0.1) is 5.92 Å². The standard InChI is InChI=1S/C12H19Cl3O2/c1-3-5-6-7-9(8-10(13)14)11(15)12(16)17-4-2/h8-9,11H,3-7H2,1-2H3. The van der Waals surface area contributed by atoms with Crippen LogP contribution in [0.1, 0.15) is 39.5 Å². The summed E-state index contributed by atoms with van der Waals surface area (Å²) in [5.41, 5.74) is 0. The van der Waals surface area contributed by atoms with Gasteiger partial charge in [0.1, 0.15) is 9.87 Å². The van der Waals surface area contributed by atoms with Crippen LogP contribution < -0.4 is 0 Å². The molecular weight excluding hydrogens is 282 g/mol. The van der Waals surface area contributed by atoms with Gasteiger partial charge in [0, 0.05) is 5.92 Å². The van der Waals surface area contributed by atoms with Gasteiger partial charge in [-0.15, -0.1) is 11.6 Å². The van der Waals surface area contributed by atoms with E-state index in [4.69, 9.17) is 39.5 Å². The molecule has 0 heterocycles. The SMILES string of the molecule is CCCCCC(C=C(Cl)Cl)C(Cl)C(=O)OCC. The molecule has 5 heteroatoms. The second kappa shape index (κ2) is 10.0. The zero-order chi connectivity index (χ0) is 13.3. The highest BCUT2D eigenvalue weighted by molar-refractivity contribution is 6.55. The molecule has 0 aromatic heterocycles. The first kappa shape index (κ1) is 17.1. The summed E-state index contributed by atoms with van der Waals surface area (Å²) in [6.45, 7) is 4.18. The van der Waals surface area contributed by atoms with Gasteiger partial charge in [0.2, 0.25) is 0 Å². The molecule has 0 aromatic rings. The lowest BCUT2D eigenvalue weighted by Gasteiger charge is -2.17. The number of hydrogen-bond acceptors (Lipinski definition) is 2. The maximum Gasteiger partial charge on any atom is 0.324 e. The average molecular weight is 302 g/mol. The van der Waals surface area contributed by atoms with Crippen LogP contribution in [-0.2, 0) is 9.53 Å². The summed E-state index contributed by atoms with van der Waals surface area (Å²) in [5.74, 6) is -0.589. The maximum absolute atomic E-state index is 11.5. The lowest BCUT2D eigenvalue weighted by molar-refractivity contribution is -0.143. The van der Waals surface area contributed by atoms with Crippen molar-refractivity contribution in [2.24, 2.45) is 5.92 Å². The molecule has 0 radical (unpaired) electrons. The van der Waals surface area contributed by atoms with Gasteiger partial charge in [-0.05, 0) is 19.4 Å². The highest BCUT2D eigenvalue weighted by Gasteiger charge is 2.25. The minimum Gasteiger partial charge on any atom is -0.465 e. The van der Waals surface area contributed by atoms with E-state index in [1.165, 1.54) is 0 Å². The van der Waals surface area contributed by atoms with Gasteiger partial charge in [0.25, 0.3) is 0 Å². The van der Waals surface area contributed by atoms with Gasteiger partial charge < -0.3 is 4.74 Å². The summed E-state index contributed by atoms with van der Waals surface area (Å²) in [6.07, 6.45) is 5.59. The number of esters is 1. The predicted molar refractivity (Wildman–Crippen MR) is 73.7 cm³/mol. The van der Waals surface area contributed by atoms with Gasteiger partial charge in [-0.1, -0.05) is 49.4 Å². The summed E-state index contributed by atoms with van der Waals surface area (Å²) in [4.78, 5) is 11.5. The highest BCUT2D eigenvalue weighted by atomic mass is 35.5. The molecule has 0 aromatic carbocycles. The maximum atomic E-state index is 11.5. The van der Waals surface area contributed by atoms with Crippen molar-refractivity contribution < 1.29 is 9.53 Å². The summed E-state index contributed by atoms with van der Waals surface area (Å²) in [7, 11) is 0. The van der Waals surface area contributed by atoms with E-state index in [0.29, 0.717) is 6.61 Å². The van der Waals surface area contributed by atoms with Crippen molar-refractivity contribution in [1.82, 2.24) is 0 Å². The van der Waals surface area contributed by atoms with Crippen molar-refractivity contribution >= 4 is 40.8 Å². The van der Waals surface area contributed by atoms with E-state index in [2.05, 4.69) is 6.92 Å². The molecule has 2 unspecified atom stereocenters. The van der Waals surface area contributed by atoms with Gasteiger partial charge in [0.15, 0.2) is 0 Å². The zero-order valence-corrected chi connectivity index (χ0v) is 12.5. The number of rotatable bonds is 8. The molecule has 0 saturated heterocycles. The lowest BCUT2D eigenvalue weighted by atomic mass is 9.97. The van der Waals surface area contributed by atoms with Gasteiger partial charge in [-0.2, -0.15) is 0 Å². The molecule has 100 valence electrons. The Bertz CT molecular complexity index is 250. The second-order valence-electron chi connectivity index (χ2n) is 3.77. The quantitative estimate of drug-likeness (QED) is 0.370. The Morgan fingerprint density at radius 1 is 1.29 bits per heavy atom. The van der Waals surface area contributed by atoms with E-state index in [-0.39, 0.29) is 10.4 Å². The molecule has 0 spiro atoms. The van der Waals surface area contributed by atoms with E-state index in [9.17, 15) is 4.79 Å². The van der Waals surface area contributed by atoms with Gasteiger partial charge in [-0.25, -0.2) is 0 Å². The first-order valence-corrected chi connectivity index (χ1v) is 7.05. The van der Waals surface area contributed by atoms with Crippen molar-refractivity contribution in [3.05, 3.63) is 10.6 Å². The fraction of sp³-hybridized carbons (Fsp3) is 0.750. The number of carbonyl (C=O) groups is 1. The molecule has 0 amide bonds. The molecular formula is C12H19Cl3O2. The minimum absolute atomic E-state index is 0.140. The summed E-state index contributed by atoms with van der Waals surface area (Å²) in [6, 6.07) is 0. The Balaban J connectivity index is 4.44. The number of unbranched alkanes of at least 4 members (excludes halogenated alkanes) is 2. The normalized spacial score (nSPS) is 13.9. The Labute approximate surface area is 118 Å². The number of ether oxygens (including phenoxy) is 1. The Morgan fingerprint density at radius 2 is 1.94 bits per heavy atom. The molecule has 0 bridgehead atoms. The topological polar surface area (TPSA) is 26.3 Å². The smallest absolute Gasteiger partial charge is 0.324 e. The summed E-state index contributed by atoms with van der Waals surface area (Å²) in [5, 5.41) is -0.723. The van der Waals surface area contributed by atoms with Gasteiger partial charge >= 0.3 is 5.97 Å². The van der Waals surface area contributed by atoms with Crippen LogP contribution >= 0.6 is 34.8 Å². The molecule has 0 saturated carbocycles. The monoisotopic (exact) mass is 300 g/mol. The molecule has 0 rings (SSSR count). The van der Waals surface area contributed by atoms with Crippen LogP contribution in [0.4, 0.5) is 0 Å². The van der Waals surface area contributed by atoms with Gasteiger partial charge in [-0.3, -0.25) is 4.79 Å². The second-order valence-corrected chi connectivity index (χ2v) is 5.25. The lowest BCUT2D eigenvalue weighted by Crippen LogP contribution is -2.25. The van der Waals surface area contributed by atoms with Crippen LogP contribution in [0.3, 0.4) is 0 Å².